The molecular formula is C22H22N2O3S3. The minimum Gasteiger partial charge on any atom is -0.465 e. The molecule has 0 saturated carbocycles. The second-order valence-corrected chi connectivity index (χ2v) is 10.1. The fraction of sp³-hybridized carbons (Fsp3) is 0.318. The maximum Gasteiger partial charge on any atom is 0.341 e. The smallest absolute Gasteiger partial charge is 0.341 e. The molecule has 4 rings (SSSR count). The lowest BCUT2D eigenvalue weighted by Crippen LogP contribution is -2.16. The molecule has 1 aromatic carbocycles. The highest BCUT2D eigenvalue weighted by molar-refractivity contribution is 8.01. The van der Waals surface area contributed by atoms with Crippen molar-refractivity contribution in [3.8, 4) is 11.3 Å². The third-order valence-electron chi connectivity index (χ3n) is 4.94. The number of carbonyl (C=O) groups is 2. The molecule has 1 aliphatic carbocycles. The first-order valence-electron chi connectivity index (χ1n) is 9.82. The number of rotatable bonds is 6. The van der Waals surface area contributed by atoms with Crippen LogP contribution < -0.4 is 5.32 Å². The summed E-state index contributed by atoms with van der Waals surface area (Å²) in [5, 5.41) is 5.56. The Balaban J connectivity index is 1.43. The summed E-state index contributed by atoms with van der Waals surface area (Å²) < 4.78 is 5.85. The summed E-state index contributed by atoms with van der Waals surface area (Å²) in [6.45, 7) is 0. The number of thiophene rings is 1. The van der Waals surface area contributed by atoms with E-state index in [0.29, 0.717) is 10.6 Å². The molecule has 0 aliphatic heterocycles. The van der Waals surface area contributed by atoms with Crippen molar-refractivity contribution < 1.29 is 14.3 Å². The zero-order valence-corrected chi connectivity index (χ0v) is 19.1. The van der Waals surface area contributed by atoms with Gasteiger partial charge in [0.05, 0.1) is 24.1 Å². The number of nitrogens with one attached hydrogen (secondary N) is 1. The van der Waals surface area contributed by atoms with Gasteiger partial charge in [0, 0.05) is 15.8 Å². The van der Waals surface area contributed by atoms with E-state index in [1.807, 2.05) is 35.7 Å². The number of aromatic nitrogens is 1. The van der Waals surface area contributed by atoms with Crippen LogP contribution >= 0.6 is 34.4 Å². The zero-order chi connectivity index (χ0) is 20.9. The number of fused-ring (bicyclic) bond motifs is 1. The highest BCUT2D eigenvalue weighted by Gasteiger charge is 2.26. The van der Waals surface area contributed by atoms with Crippen LogP contribution in [0.3, 0.4) is 0 Å². The Morgan fingerprint density at radius 2 is 1.97 bits per heavy atom. The highest BCUT2D eigenvalue weighted by Crippen LogP contribution is 2.38. The van der Waals surface area contributed by atoms with E-state index in [9.17, 15) is 9.59 Å². The van der Waals surface area contributed by atoms with Crippen LogP contribution in [0, 0.1) is 0 Å². The summed E-state index contributed by atoms with van der Waals surface area (Å²) in [5.41, 5.74) is 3.57. The van der Waals surface area contributed by atoms with Gasteiger partial charge in [0.25, 0.3) is 0 Å². The molecule has 0 atom stereocenters. The van der Waals surface area contributed by atoms with E-state index in [0.717, 1.165) is 46.8 Å². The molecule has 2 heterocycles. The van der Waals surface area contributed by atoms with Crippen LogP contribution in [0.2, 0.25) is 0 Å². The Bertz CT molecular complexity index is 1040. The van der Waals surface area contributed by atoms with Gasteiger partial charge >= 0.3 is 5.97 Å². The van der Waals surface area contributed by atoms with Crippen LogP contribution in [0.1, 0.15) is 40.1 Å². The van der Waals surface area contributed by atoms with Gasteiger partial charge < -0.3 is 10.1 Å². The second kappa shape index (κ2) is 9.76. The van der Waals surface area contributed by atoms with Gasteiger partial charge in [-0.05, 0) is 31.2 Å². The van der Waals surface area contributed by atoms with E-state index in [1.165, 1.54) is 52.8 Å². The van der Waals surface area contributed by atoms with E-state index in [2.05, 4.69) is 10.3 Å². The molecule has 3 aromatic rings. The number of aryl methyl sites for hydroxylation is 1. The van der Waals surface area contributed by atoms with Crippen molar-refractivity contribution in [1.82, 2.24) is 4.98 Å². The van der Waals surface area contributed by atoms with E-state index < -0.39 is 0 Å². The number of anilines is 1. The molecule has 156 valence electrons. The number of thiazole rings is 1. The quantitative estimate of drug-likeness (QED) is 0.293. The van der Waals surface area contributed by atoms with E-state index in [4.69, 9.17) is 4.74 Å². The van der Waals surface area contributed by atoms with E-state index in [1.54, 1.807) is 0 Å². The molecule has 0 spiro atoms. The van der Waals surface area contributed by atoms with Crippen LogP contribution in [0.25, 0.3) is 11.3 Å². The summed E-state index contributed by atoms with van der Waals surface area (Å²) in [6, 6.07) is 9.98. The lowest BCUT2D eigenvalue weighted by atomic mass is 10.1. The summed E-state index contributed by atoms with van der Waals surface area (Å²) in [7, 11) is 1.39. The lowest BCUT2D eigenvalue weighted by Gasteiger charge is -2.07. The van der Waals surface area contributed by atoms with Gasteiger partial charge in [-0.1, -0.05) is 48.5 Å². The Morgan fingerprint density at radius 3 is 2.77 bits per heavy atom. The molecule has 0 fully saturated rings. The molecule has 0 unspecified atom stereocenters. The first-order chi connectivity index (χ1) is 14.7. The second-order valence-electron chi connectivity index (χ2n) is 6.96. The number of hydrogen-bond donors (Lipinski definition) is 1. The van der Waals surface area contributed by atoms with Gasteiger partial charge in [-0.25, -0.2) is 9.78 Å². The zero-order valence-electron chi connectivity index (χ0n) is 16.6. The predicted molar refractivity (Wildman–Crippen MR) is 124 cm³/mol. The van der Waals surface area contributed by atoms with Gasteiger partial charge in [-0.15, -0.1) is 22.7 Å². The fourth-order valence-electron chi connectivity index (χ4n) is 3.50. The van der Waals surface area contributed by atoms with Gasteiger partial charge in [-0.3, -0.25) is 4.79 Å². The third kappa shape index (κ3) is 4.77. The van der Waals surface area contributed by atoms with Crippen molar-refractivity contribution in [1.29, 1.82) is 0 Å². The topological polar surface area (TPSA) is 68.3 Å². The lowest BCUT2D eigenvalue weighted by molar-refractivity contribution is -0.113. The molecular weight excluding hydrogens is 436 g/mol. The Hall–Kier alpha value is -2.16. The number of thioether (sulfide) groups is 1. The number of ether oxygens (including phenoxy) is 1. The first-order valence-corrected chi connectivity index (χ1v) is 12.5. The van der Waals surface area contributed by atoms with E-state index in [-0.39, 0.29) is 17.6 Å². The molecule has 30 heavy (non-hydrogen) atoms. The Morgan fingerprint density at radius 1 is 1.17 bits per heavy atom. The molecule has 5 nitrogen and oxygen atoms in total. The number of carbonyl (C=O) groups excluding carboxylic acids is 2. The third-order valence-corrected chi connectivity index (χ3v) is 8.17. The Labute approximate surface area is 187 Å². The summed E-state index contributed by atoms with van der Waals surface area (Å²) in [4.78, 5) is 30.8. The number of benzene rings is 1. The fourth-order valence-corrected chi connectivity index (χ4v) is 6.43. The maximum atomic E-state index is 12.6. The Kier molecular flexibility index (Phi) is 6.86. The molecule has 0 saturated heterocycles. The minimum absolute atomic E-state index is 0.141. The molecule has 8 heteroatoms. The number of methoxy groups -OCH3 is 1. The monoisotopic (exact) mass is 458 g/mol. The molecule has 1 aliphatic rings. The molecule has 0 radical (unpaired) electrons. The van der Waals surface area contributed by atoms with Crippen molar-refractivity contribution in [2.45, 2.75) is 36.4 Å². The minimum atomic E-state index is -0.371. The summed E-state index contributed by atoms with van der Waals surface area (Å²) in [6.07, 6.45) is 5.16. The average molecular weight is 459 g/mol. The van der Waals surface area contributed by atoms with Crippen LogP contribution in [0.4, 0.5) is 5.00 Å². The SMILES string of the molecule is COC(=O)c1c(NC(=O)CSc2nc(-c3ccccc3)cs2)sc2c1CCCCC2. The molecule has 0 bridgehead atoms. The average Bonchev–Trinajstić information content (AvgIpc) is 3.30. The number of amides is 1. The predicted octanol–water partition coefficient (Wildman–Crippen LogP) is 5.66. The van der Waals surface area contributed by atoms with Gasteiger partial charge in [0.2, 0.25) is 5.91 Å². The number of nitrogens with zero attached hydrogens (tertiary/aromatic N) is 1. The van der Waals surface area contributed by atoms with Crippen LogP contribution in [0.5, 0.6) is 0 Å². The van der Waals surface area contributed by atoms with Crippen molar-refractivity contribution in [3.63, 3.8) is 0 Å². The number of esters is 1. The van der Waals surface area contributed by atoms with Gasteiger partial charge in [0.15, 0.2) is 4.34 Å². The van der Waals surface area contributed by atoms with Crippen molar-refractivity contribution >= 4 is 51.3 Å². The van der Waals surface area contributed by atoms with Crippen molar-refractivity contribution in [3.05, 3.63) is 51.7 Å². The van der Waals surface area contributed by atoms with Crippen molar-refractivity contribution in [2.24, 2.45) is 0 Å². The van der Waals surface area contributed by atoms with Crippen LogP contribution in [-0.4, -0.2) is 29.7 Å². The molecule has 2 aromatic heterocycles. The summed E-state index contributed by atoms with van der Waals surface area (Å²) >= 11 is 4.45. The highest BCUT2D eigenvalue weighted by atomic mass is 32.2. The standard InChI is InChI=1S/C22H22N2O3S3/c1-27-21(26)19-15-10-6-3-7-11-17(15)30-20(19)24-18(25)13-29-22-23-16(12-28-22)14-8-4-2-5-9-14/h2,4-5,8-9,12H,3,6-7,10-11,13H2,1H3,(H,24,25). The van der Waals surface area contributed by atoms with Crippen molar-refractivity contribution in [2.75, 3.05) is 18.2 Å². The largest absolute Gasteiger partial charge is 0.465 e. The number of hydrogen-bond acceptors (Lipinski definition) is 7. The molecule has 1 amide bonds. The van der Waals surface area contributed by atoms with Crippen LogP contribution in [-0.2, 0) is 22.4 Å². The molecule has 1 N–H and O–H groups in total. The van der Waals surface area contributed by atoms with E-state index >= 15 is 0 Å². The van der Waals surface area contributed by atoms with Gasteiger partial charge in [-0.2, -0.15) is 0 Å². The van der Waals surface area contributed by atoms with Crippen LogP contribution in [0.15, 0.2) is 40.1 Å². The maximum absolute atomic E-state index is 12.6. The normalized spacial score (nSPS) is 13.4. The van der Waals surface area contributed by atoms with Gasteiger partial charge in [0.1, 0.15) is 5.00 Å². The first kappa shape index (κ1) is 21.1. The summed E-state index contributed by atoms with van der Waals surface area (Å²) in [5.74, 6) is -0.270.